The molecule has 218 valence electrons. The number of carbonyl (C=O) groups is 2. The Morgan fingerprint density at radius 2 is 1.44 bits per heavy atom. The molecule has 0 unspecified atom stereocenters. The van der Waals surface area contributed by atoms with E-state index in [1.165, 1.54) is 19.3 Å². The maximum Gasteiger partial charge on any atom is 0.319 e. The van der Waals surface area contributed by atoms with Crippen molar-refractivity contribution in [1.29, 1.82) is 0 Å². The lowest BCUT2D eigenvalue weighted by Gasteiger charge is -2.45. The Kier molecular flexibility index (Phi) is 11.0. The van der Waals surface area contributed by atoms with Crippen LogP contribution in [0.4, 0.5) is 4.79 Å². The van der Waals surface area contributed by atoms with Gasteiger partial charge in [0.15, 0.2) is 0 Å². The van der Waals surface area contributed by atoms with Crippen molar-refractivity contribution in [2.45, 2.75) is 107 Å². The number of piperidine rings is 1. The van der Waals surface area contributed by atoms with Crippen molar-refractivity contribution >= 4 is 23.5 Å². The molecule has 1 aromatic carbocycles. The topological polar surface area (TPSA) is 59.1 Å². The van der Waals surface area contributed by atoms with E-state index in [-0.39, 0.29) is 24.0 Å². The van der Waals surface area contributed by atoms with Gasteiger partial charge in [0.1, 0.15) is 0 Å². The number of halogens is 1. The van der Waals surface area contributed by atoms with Crippen LogP contribution in [0.15, 0.2) is 24.3 Å². The second kappa shape index (κ2) is 14.2. The number of hydrogen-bond acceptors (Lipinski definition) is 4. The zero-order valence-electron chi connectivity index (χ0n) is 24.6. The van der Waals surface area contributed by atoms with Gasteiger partial charge in [-0.1, -0.05) is 43.0 Å². The van der Waals surface area contributed by atoms with Gasteiger partial charge in [-0.25, -0.2) is 4.79 Å². The van der Waals surface area contributed by atoms with E-state index in [1.807, 2.05) is 38.4 Å². The van der Waals surface area contributed by atoms with Gasteiger partial charge in [-0.15, -0.1) is 0 Å². The van der Waals surface area contributed by atoms with Gasteiger partial charge in [-0.3, -0.25) is 4.79 Å². The normalized spacial score (nSPS) is 24.0. The molecule has 3 fully saturated rings. The third-order valence-electron chi connectivity index (χ3n) is 9.26. The summed E-state index contributed by atoms with van der Waals surface area (Å²) in [7, 11) is 8.04. The molecule has 2 saturated carbocycles. The van der Waals surface area contributed by atoms with Gasteiger partial charge in [0.25, 0.3) is 0 Å². The molecule has 1 saturated heterocycles. The molecule has 1 aromatic rings. The van der Waals surface area contributed by atoms with Crippen molar-refractivity contribution in [2.75, 3.05) is 41.3 Å². The fourth-order valence-electron chi connectivity index (χ4n) is 6.90. The van der Waals surface area contributed by atoms with E-state index in [9.17, 15) is 9.59 Å². The monoisotopic (exact) mass is 559 g/mol. The number of urea groups is 1. The van der Waals surface area contributed by atoms with Crippen LogP contribution in [0.2, 0.25) is 5.02 Å². The summed E-state index contributed by atoms with van der Waals surface area (Å²) in [5.74, 6) is 0.196. The van der Waals surface area contributed by atoms with Crippen LogP contribution in [0.5, 0.6) is 0 Å². The highest BCUT2D eigenvalue weighted by molar-refractivity contribution is 6.30. The summed E-state index contributed by atoms with van der Waals surface area (Å²) < 4.78 is 0. The molecule has 0 aromatic heterocycles. The minimum Gasteiger partial charge on any atom is -0.341 e. The maximum atomic E-state index is 14.0. The van der Waals surface area contributed by atoms with Crippen LogP contribution in [0.1, 0.15) is 76.2 Å². The highest BCUT2D eigenvalue weighted by Crippen LogP contribution is 2.29. The van der Waals surface area contributed by atoms with Crippen LogP contribution in [-0.4, -0.2) is 103 Å². The molecule has 3 amide bonds. The lowest BCUT2D eigenvalue weighted by Crippen LogP contribution is -2.58. The Bertz CT molecular complexity index is 917. The van der Waals surface area contributed by atoms with Crippen LogP contribution < -0.4 is 5.32 Å². The average molecular weight is 560 g/mol. The Morgan fingerprint density at radius 3 is 2.00 bits per heavy atom. The summed E-state index contributed by atoms with van der Waals surface area (Å²) in [6, 6.07) is 9.30. The first kappa shape index (κ1) is 30.1. The van der Waals surface area contributed by atoms with Gasteiger partial charge >= 0.3 is 6.03 Å². The molecule has 3 aliphatic rings. The first-order valence-corrected chi connectivity index (χ1v) is 15.6. The van der Waals surface area contributed by atoms with Crippen molar-refractivity contribution < 1.29 is 9.59 Å². The van der Waals surface area contributed by atoms with Gasteiger partial charge in [0, 0.05) is 56.4 Å². The average Bonchev–Trinajstić information content (AvgIpc) is 2.95. The van der Waals surface area contributed by atoms with Gasteiger partial charge in [-0.05, 0) is 89.6 Å². The van der Waals surface area contributed by atoms with Gasteiger partial charge in [-0.2, -0.15) is 0 Å². The zero-order chi connectivity index (χ0) is 27.9. The molecule has 39 heavy (non-hydrogen) atoms. The first-order valence-electron chi connectivity index (χ1n) is 15.2. The van der Waals surface area contributed by atoms with Crippen LogP contribution >= 0.6 is 11.6 Å². The van der Waals surface area contributed by atoms with Crippen molar-refractivity contribution in [3.05, 3.63) is 34.9 Å². The number of nitrogens with zero attached hydrogens (tertiary/aromatic N) is 4. The quantitative estimate of drug-likeness (QED) is 0.486. The third kappa shape index (κ3) is 8.11. The number of hydrogen-bond donors (Lipinski definition) is 1. The number of benzene rings is 1. The summed E-state index contributed by atoms with van der Waals surface area (Å²) in [6.45, 7) is 1.42. The van der Waals surface area contributed by atoms with Crippen LogP contribution in [0.3, 0.4) is 0 Å². The molecule has 1 N–H and O–H groups in total. The van der Waals surface area contributed by atoms with E-state index in [4.69, 9.17) is 11.6 Å². The zero-order valence-corrected chi connectivity index (χ0v) is 25.3. The van der Waals surface area contributed by atoms with Crippen LogP contribution in [-0.2, 0) is 11.2 Å². The van der Waals surface area contributed by atoms with E-state index < -0.39 is 0 Å². The lowest BCUT2D eigenvalue weighted by atomic mass is 9.89. The molecule has 1 heterocycles. The van der Waals surface area contributed by atoms with E-state index in [0.29, 0.717) is 42.7 Å². The second-order valence-electron chi connectivity index (χ2n) is 12.5. The third-order valence-corrected chi connectivity index (χ3v) is 9.51. The van der Waals surface area contributed by atoms with Crippen LogP contribution in [0.25, 0.3) is 0 Å². The summed E-state index contributed by atoms with van der Waals surface area (Å²) >= 11 is 6.14. The molecule has 1 atom stereocenters. The first-order chi connectivity index (χ1) is 18.7. The van der Waals surface area contributed by atoms with Crippen molar-refractivity contribution in [3.63, 3.8) is 0 Å². The highest BCUT2D eigenvalue weighted by atomic mass is 35.5. The molecule has 2 aliphatic carbocycles. The number of amides is 3. The lowest BCUT2D eigenvalue weighted by molar-refractivity contribution is -0.135. The van der Waals surface area contributed by atoms with Gasteiger partial charge in [0.2, 0.25) is 5.91 Å². The smallest absolute Gasteiger partial charge is 0.319 e. The predicted octanol–water partition coefficient (Wildman–Crippen LogP) is 5.02. The molecule has 8 heteroatoms. The summed E-state index contributed by atoms with van der Waals surface area (Å²) in [4.78, 5) is 35.5. The largest absolute Gasteiger partial charge is 0.341 e. The second-order valence-corrected chi connectivity index (χ2v) is 12.9. The molecule has 0 spiro atoms. The summed E-state index contributed by atoms with van der Waals surface area (Å²) in [5.41, 5.74) is 1.13. The van der Waals surface area contributed by atoms with Crippen LogP contribution in [0, 0.1) is 0 Å². The van der Waals surface area contributed by atoms with Crippen molar-refractivity contribution in [1.82, 2.24) is 24.9 Å². The van der Waals surface area contributed by atoms with Gasteiger partial charge < -0.3 is 24.9 Å². The number of nitrogens with one attached hydrogen (secondary N) is 1. The van der Waals surface area contributed by atoms with Gasteiger partial charge in [0.05, 0.1) is 6.04 Å². The fraction of sp³-hybridized carbons (Fsp3) is 0.742. The molecule has 4 rings (SSSR count). The Hall–Kier alpha value is -1.83. The number of carbonyl (C=O) groups excluding carboxylic acids is 2. The Labute approximate surface area is 241 Å². The molecular weight excluding hydrogens is 510 g/mol. The van der Waals surface area contributed by atoms with E-state index in [1.54, 1.807) is 4.90 Å². The molecule has 7 nitrogen and oxygen atoms in total. The highest BCUT2D eigenvalue weighted by Gasteiger charge is 2.37. The SMILES string of the molecule is CN(C)C(=O)N(C1CCCCC1)C1CCN(C(=O)[C@@H](Cc2ccc(Cl)cc2)NC2CCC(N(C)C)CC2)CC1. The fourth-order valence-corrected chi connectivity index (χ4v) is 7.03. The minimum absolute atomic E-state index is 0.127. The molecular formula is C31H50ClN5O2. The van der Waals surface area contributed by atoms with Crippen molar-refractivity contribution in [3.8, 4) is 0 Å². The van der Waals surface area contributed by atoms with E-state index >= 15 is 0 Å². The Balaban J connectivity index is 1.41. The molecule has 0 bridgehead atoms. The van der Waals surface area contributed by atoms with E-state index in [2.05, 4.69) is 34.1 Å². The standard InChI is InChI=1S/C31H50ClN5O2/c1-34(2)26-16-14-25(15-17-26)33-29(22-23-10-12-24(32)13-11-23)30(38)36-20-18-28(19-21-36)37(31(39)35(3)4)27-8-6-5-7-9-27/h10-13,25-29,33H,5-9,14-22H2,1-4H3/t25?,26?,29-/m1/s1. The minimum atomic E-state index is -0.249. The number of likely N-dealkylation sites (tertiary alicyclic amines) is 1. The summed E-state index contributed by atoms with van der Waals surface area (Å²) in [5, 5.41) is 4.50. The molecule has 0 radical (unpaired) electrons. The van der Waals surface area contributed by atoms with E-state index in [0.717, 1.165) is 56.9 Å². The maximum absolute atomic E-state index is 14.0. The predicted molar refractivity (Wildman–Crippen MR) is 159 cm³/mol. The Morgan fingerprint density at radius 1 is 0.846 bits per heavy atom. The van der Waals surface area contributed by atoms with Crippen molar-refractivity contribution in [2.24, 2.45) is 0 Å². The summed E-state index contributed by atoms with van der Waals surface area (Å²) in [6.07, 6.45) is 12.8. The number of rotatable bonds is 8. The molecule has 1 aliphatic heterocycles.